The number of nitrogens with zero attached hydrogens (tertiary/aromatic N) is 1. The molecule has 0 aromatic carbocycles. The lowest BCUT2D eigenvalue weighted by Gasteiger charge is -2.35. The van der Waals surface area contributed by atoms with Crippen LogP contribution >= 0.6 is 0 Å². The fraction of sp³-hybridized carbons (Fsp3) is 1.00. The summed E-state index contributed by atoms with van der Waals surface area (Å²) in [5.41, 5.74) is 0. The first-order valence-electron chi connectivity index (χ1n) is 6.71. The molecule has 2 heteroatoms. The largest absolute Gasteiger partial charge is 0.302 e. The Morgan fingerprint density at radius 1 is 1.40 bits per heavy atom. The summed E-state index contributed by atoms with van der Waals surface area (Å²) < 4.78 is 0. The quantitative estimate of drug-likeness (QED) is 0.728. The van der Waals surface area contributed by atoms with E-state index in [1.165, 1.54) is 51.6 Å². The van der Waals surface area contributed by atoms with Crippen molar-refractivity contribution in [2.75, 3.05) is 20.1 Å². The van der Waals surface area contributed by atoms with Crippen LogP contribution in [-0.2, 0) is 0 Å². The van der Waals surface area contributed by atoms with Gasteiger partial charge in [-0.15, -0.1) is 0 Å². The van der Waals surface area contributed by atoms with E-state index in [1.54, 1.807) is 0 Å². The molecule has 0 aliphatic carbocycles. The van der Waals surface area contributed by atoms with Gasteiger partial charge in [-0.25, -0.2) is 0 Å². The van der Waals surface area contributed by atoms with Gasteiger partial charge >= 0.3 is 0 Å². The van der Waals surface area contributed by atoms with Crippen LogP contribution in [0.5, 0.6) is 0 Å². The van der Waals surface area contributed by atoms with Gasteiger partial charge in [0.25, 0.3) is 0 Å². The molecule has 0 aromatic rings. The molecule has 0 spiro atoms. The molecule has 1 heterocycles. The molecule has 1 rings (SSSR count). The van der Waals surface area contributed by atoms with Crippen molar-refractivity contribution in [2.45, 2.75) is 58.5 Å². The summed E-state index contributed by atoms with van der Waals surface area (Å²) in [5, 5.41) is 3.64. The average molecular weight is 212 g/mol. The zero-order chi connectivity index (χ0) is 11.1. The van der Waals surface area contributed by atoms with Crippen molar-refractivity contribution in [3.63, 3.8) is 0 Å². The molecule has 0 radical (unpaired) electrons. The van der Waals surface area contributed by atoms with Gasteiger partial charge in [0, 0.05) is 6.54 Å². The van der Waals surface area contributed by atoms with Crippen molar-refractivity contribution < 1.29 is 0 Å². The predicted molar refractivity (Wildman–Crippen MR) is 67.0 cm³/mol. The van der Waals surface area contributed by atoms with E-state index in [2.05, 4.69) is 31.1 Å². The fourth-order valence-corrected chi connectivity index (χ4v) is 2.47. The van der Waals surface area contributed by atoms with Gasteiger partial charge in [-0.1, -0.05) is 39.5 Å². The first kappa shape index (κ1) is 13.0. The van der Waals surface area contributed by atoms with Crippen LogP contribution in [0.4, 0.5) is 0 Å². The second-order valence-electron chi connectivity index (χ2n) is 4.96. The van der Waals surface area contributed by atoms with E-state index in [1.807, 2.05) is 0 Å². The number of nitrogens with one attached hydrogen (secondary N) is 1. The van der Waals surface area contributed by atoms with E-state index in [0.717, 1.165) is 5.92 Å². The Kier molecular flexibility index (Phi) is 6.26. The van der Waals surface area contributed by atoms with Gasteiger partial charge in [-0.3, -0.25) is 4.90 Å². The highest BCUT2D eigenvalue weighted by atomic mass is 15.3. The van der Waals surface area contributed by atoms with E-state index in [4.69, 9.17) is 0 Å². The third-order valence-corrected chi connectivity index (χ3v) is 3.70. The smallest absolute Gasteiger partial charge is 0.0597 e. The minimum absolute atomic E-state index is 0.639. The van der Waals surface area contributed by atoms with Gasteiger partial charge in [0.1, 0.15) is 0 Å². The molecule has 0 saturated carbocycles. The van der Waals surface area contributed by atoms with Crippen molar-refractivity contribution in [3.05, 3.63) is 0 Å². The lowest BCUT2D eigenvalue weighted by Crippen LogP contribution is -2.50. The van der Waals surface area contributed by atoms with Crippen molar-refractivity contribution in [1.82, 2.24) is 10.2 Å². The minimum Gasteiger partial charge on any atom is -0.302 e. The summed E-state index contributed by atoms with van der Waals surface area (Å²) in [4.78, 5) is 2.48. The zero-order valence-corrected chi connectivity index (χ0v) is 10.8. The van der Waals surface area contributed by atoms with Gasteiger partial charge in [0.2, 0.25) is 0 Å². The van der Waals surface area contributed by atoms with E-state index >= 15 is 0 Å². The van der Waals surface area contributed by atoms with Crippen LogP contribution in [0, 0.1) is 5.92 Å². The lowest BCUT2D eigenvalue weighted by molar-refractivity contribution is 0.134. The van der Waals surface area contributed by atoms with Crippen LogP contribution < -0.4 is 5.32 Å². The van der Waals surface area contributed by atoms with Crippen LogP contribution in [0.15, 0.2) is 0 Å². The maximum atomic E-state index is 3.64. The van der Waals surface area contributed by atoms with Gasteiger partial charge in [-0.05, 0) is 32.4 Å². The van der Waals surface area contributed by atoms with Gasteiger partial charge in [0.05, 0.1) is 6.17 Å². The number of unbranched alkanes of at least 4 members (excludes halogenated alkanes) is 1. The van der Waals surface area contributed by atoms with Crippen molar-refractivity contribution in [2.24, 2.45) is 5.92 Å². The first-order valence-corrected chi connectivity index (χ1v) is 6.71. The molecule has 90 valence electrons. The molecule has 1 saturated heterocycles. The summed E-state index contributed by atoms with van der Waals surface area (Å²) in [6, 6.07) is 0. The number of rotatable bonds is 6. The Morgan fingerprint density at radius 2 is 2.20 bits per heavy atom. The Morgan fingerprint density at radius 3 is 2.80 bits per heavy atom. The van der Waals surface area contributed by atoms with Crippen LogP contribution in [-0.4, -0.2) is 31.2 Å². The fourth-order valence-electron chi connectivity index (χ4n) is 2.47. The topological polar surface area (TPSA) is 15.3 Å². The summed E-state index contributed by atoms with van der Waals surface area (Å²) in [5.74, 6) is 0.919. The third-order valence-electron chi connectivity index (χ3n) is 3.70. The van der Waals surface area contributed by atoms with Gasteiger partial charge in [-0.2, -0.15) is 0 Å². The molecule has 2 unspecified atom stereocenters. The molecule has 2 atom stereocenters. The molecule has 1 fully saturated rings. The molecule has 1 aliphatic rings. The number of hydrogen-bond acceptors (Lipinski definition) is 2. The lowest BCUT2D eigenvalue weighted by atomic mass is 9.93. The second-order valence-corrected chi connectivity index (χ2v) is 4.96. The van der Waals surface area contributed by atoms with Crippen molar-refractivity contribution in [3.8, 4) is 0 Å². The first-order chi connectivity index (χ1) is 7.27. The summed E-state index contributed by atoms with van der Waals surface area (Å²) in [7, 11) is 2.25. The van der Waals surface area contributed by atoms with Crippen molar-refractivity contribution >= 4 is 0 Å². The monoisotopic (exact) mass is 212 g/mol. The van der Waals surface area contributed by atoms with Gasteiger partial charge in [0.15, 0.2) is 0 Å². The highest BCUT2D eigenvalue weighted by Crippen LogP contribution is 2.20. The SMILES string of the molecule is CCCCC(CC)CC1NCCCN1C. The summed E-state index contributed by atoms with van der Waals surface area (Å²) in [6.07, 6.45) is 8.77. The number of hydrogen-bond donors (Lipinski definition) is 1. The second kappa shape index (κ2) is 7.24. The van der Waals surface area contributed by atoms with Gasteiger partial charge < -0.3 is 5.32 Å². The summed E-state index contributed by atoms with van der Waals surface area (Å²) >= 11 is 0. The molecular formula is C13H28N2. The Balaban J connectivity index is 2.29. The molecule has 0 amide bonds. The molecule has 2 nitrogen and oxygen atoms in total. The summed E-state index contributed by atoms with van der Waals surface area (Å²) in [6.45, 7) is 7.10. The minimum atomic E-state index is 0.639. The van der Waals surface area contributed by atoms with E-state index in [9.17, 15) is 0 Å². The molecule has 0 aromatic heterocycles. The van der Waals surface area contributed by atoms with Crippen molar-refractivity contribution in [1.29, 1.82) is 0 Å². The normalized spacial score (nSPS) is 25.4. The molecular weight excluding hydrogens is 184 g/mol. The Bertz CT molecular complexity index is 159. The molecule has 15 heavy (non-hydrogen) atoms. The molecule has 0 bridgehead atoms. The van der Waals surface area contributed by atoms with E-state index in [0.29, 0.717) is 6.17 Å². The highest BCUT2D eigenvalue weighted by molar-refractivity contribution is 4.75. The predicted octanol–water partition coefficient (Wildman–Crippen LogP) is 2.84. The highest BCUT2D eigenvalue weighted by Gasteiger charge is 2.21. The molecule has 1 aliphatic heterocycles. The van der Waals surface area contributed by atoms with E-state index < -0.39 is 0 Å². The van der Waals surface area contributed by atoms with Crippen LogP contribution in [0.1, 0.15) is 52.4 Å². The van der Waals surface area contributed by atoms with Crippen LogP contribution in [0.3, 0.4) is 0 Å². The Hall–Kier alpha value is -0.0800. The maximum Gasteiger partial charge on any atom is 0.0597 e. The maximum absolute atomic E-state index is 3.64. The Labute approximate surface area is 95.4 Å². The molecule has 1 N–H and O–H groups in total. The van der Waals surface area contributed by atoms with Crippen LogP contribution in [0.2, 0.25) is 0 Å². The third kappa shape index (κ3) is 4.52. The van der Waals surface area contributed by atoms with Crippen LogP contribution in [0.25, 0.3) is 0 Å². The zero-order valence-electron chi connectivity index (χ0n) is 10.8. The average Bonchev–Trinajstić information content (AvgIpc) is 2.26. The standard InChI is InChI=1S/C13H28N2/c1-4-6-8-12(5-2)11-13-14-9-7-10-15(13)3/h12-14H,4-11H2,1-3H3. The van der Waals surface area contributed by atoms with E-state index in [-0.39, 0.29) is 0 Å².